The van der Waals surface area contributed by atoms with Crippen LogP contribution in [0, 0.1) is 0 Å². The zero-order chi connectivity index (χ0) is 23.1. The molecule has 0 aliphatic heterocycles. The summed E-state index contributed by atoms with van der Waals surface area (Å²) >= 11 is 19.1. The van der Waals surface area contributed by atoms with Crippen LogP contribution in [0.5, 0.6) is 0 Å². The summed E-state index contributed by atoms with van der Waals surface area (Å²) in [5.41, 5.74) is 1.30. The molecule has 166 valence electrons. The molecule has 0 saturated heterocycles. The number of anilines is 1. The molecule has 2 N–H and O–H groups in total. The molecule has 32 heavy (non-hydrogen) atoms. The number of carbonyl (C=O) groups excluding carboxylic acids is 2. The lowest BCUT2D eigenvalue weighted by atomic mass is 10.2. The maximum Gasteiger partial charge on any atom is 0.244 e. The van der Waals surface area contributed by atoms with Gasteiger partial charge in [-0.15, -0.1) is 10.2 Å². The Balaban J connectivity index is 1.49. The summed E-state index contributed by atoms with van der Waals surface area (Å²) < 4.78 is 1.72. The lowest BCUT2D eigenvalue weighted by Crippen LogP contribution is -2.22. The molecule has 0 radical (unpaired) electrons. The van der Waals surface area contributed by atoms with Gasteiger partial charge in [-0.1, -0.05) is 64.8 Å². The zero-order valence-electron chi connectivity index (χ0n) is 16.8. The third-order valence-corrected chi connectivity index (χ3v) is 6.30. The molecule has 0 aliphatic rings. The fourth-order valence-electron chi connectivity index (χ4n) is 2.53. The molecule has 0 unspecified atom stereocenters. The quantitative estimate of drug-likeness (QED) is 0.334. The summed E-state index contributed by atoms with van der Waals surface area (Å²) in [7, 11) is 1.76. The van der Waals surface area contributed by atoms with E-state index in [0.29, 0.717) is 31.7 Å². The number of thioether (sulfide) groups is 1. The standard InChI is InChI=1S/C21H18Cl3N5O2S/c1-29-18(11-25-19(30)9-6-13-4-2-3-5-15(13)22)27-28-21(29)32-12-20(31)26-14-7-8-16(23)17(24)10-14/h2-10H,11-12H2,1H3,(H,25,30)(H,26,31)/b9-6+. The first-order valence-electron chi connectivity index (χ1n) is 9.30. The predicted molar refractivity (Wildman–Crippen MR) is 129 cm³/mol. The van der Waals surface area contributed by atoms with E-state index in [2.05, 4.69) is 20.8 Å². The molecule has 0 aliphatic carbocycles. The molecule has 3 rings (SSSR count). The number of halogens is 3. The van der Waals surface area contributed by atoms with E-state index < -0.39 is 0 Å². The summed E-state index contributed by atoms with van der Waals surface area (Å²) in [5.74, 6) is 0.162. The summed E-state index contributed by atoms with van der Waals surface area (Å²) in [6.45, 7) is 0.186. The van der Waals surface area contributed by atoms with Crippen molar-refractivity contribution in [1.82, 2.24) is 20.1 Å². The Bertz CT molecular complexity index is 1170. The van der Waals surface area contributed by atoms with Crippen molar-refractivity contribution in [2.75, 3.05) is 11.1 Å². The fourth-order valence-corrected chi connectivity index (χ4v) is 3.75. The molecular weight excluding hydrogens is 493 g/mol. The average molecular weight is 511 g/mol. The predicted octanol–water partition coefficient (Wildman–Crippen LogP) is 4.84. The van der Waals surface area contributed by atoms with E-state index in [1.807, 2.05) is 18.2 Å². The first kappa shape index (κ1) is 24.1. The minimum Gasteiger partial charge on any atom is -0.345 e. The van der Waals surface area contributed by atoms with Gasteiger partial charge in [0.1, 0.15) is 0 Å². The van der Waals surface area contributed by atoms with Gasteiger partial charge in [0.15, 0.2) is 11.0 Å². The molecule has 1 heterocycles. The highest BCUT2D eigenvalue weighted by molar-refractivity contribution is 7.99. The largest absolute Gasteiger partial charge is 0.345 e. The first-order chi connectivity index (χ1) is 15.3. The van der Waals surface area contributed by atoms with Crippen molar-refractivity contribution in [2.45, 2.75) is 11.7 Å². The maximum absolute atomic E-state index is 12.2. The Hall–Kier alpha value is -2.52. The SMILES string of the molecule is Cn1c(CNC(=O)/C=C/c2ccccc2Cl)nnc1SCC(=O)Nc1ccc(Cl)c(Cl)c1. The van der Waals surface area contributed by atoms with E-state index in [9.17, 15) is 9.59 Å². The Morgan fingerprint density at radius 3 is 2.59 bits per heavy atom. The van der Waals surface area contributed by atoms with Gasteiger partial charge in [0, 0.05) is 23.8 Å². The number of carbonyl (C=O) groups is 2. The van der Waals surface area contributed by atoms with E-state index in [1.165, 1.54) is 17.8 Å². The number of nitrogens with one attached hydrogen (secondary N) is 2. The van der Waals surface area contributed by atoms with E-state index in [-0.39, 0.29) is 24.1 Å². The van der Waals surface area contributed by atoms with Crippen molar-refractivity contribution in [3.63, 3.8) is 0 Å². The van der Waals surface area contributed by atoms with Crippen molar-refractivity contribution in [1.29, 1.82) is 0 Å². The summed E-state index contributed by atoms with van der Waals surface area (Å²) in [6, 6.07) is 12.1. The monoisotopic (exact) mass is 509 g/mol. The van der Waals surface area contributed by atoms with Crippen LogP contribution in [0.4, 0.5) is 5.69 Å². The van der Waals surface area contributed by atoms with Gasteiger partial charge in [-0.2, -0.15) is 0 Å². The van der Waals surface area contributed by atoms with Crippen LogP contribution in [0.15, 0.2) is 53.7 Å². The highest BCUT2D eigenvalue weighted by Gasteiger charge is 2.12. The Kier molecular flexibility index (Phi) is 8.58. The maximum atomic E-state index is 12.2. The number of benzene rings is 2. The van der Waals surface area contributed by atoms with Crippen LogP contribution in [-0.4, -0.2) is 32.3 Å². The van der Waals surface area contributed by atoms with Gasteiger partial charge in [-0.25, -0.2) is 0 Å². The molecule has 1 aromatic heterocycles. The first-order valence-corrected chi connectivity index (χ1v) is 11.4. The molecule has 0 fully saturated rings. The van der Waals surface area contributed by atoms with Gasteiger partial charge in [0.05, 0.1) is 22.3 Å². The number of aromatic nitrogens is 3. The third-order valence-electron chi connectivity index (χ3n) is 4.20. The van der Waals surface area contributed by atoms with Crippen LogP contribution in [-0.2, 0) is 23.2 Å². The van der Waals surface area contributed by atoms with E-state index in [1.54, 1.807) is 42.0 Å². The molecule has 2 amide bonds. The Labute approximate surface area is 204 Å². The number of amides is 2. The second-order valence-corrected chi connectivity index (χ2v) is 8.66. The summed E-state index contributed by atoms with van der Waals surface area (Å²) in [5, 5.41) is 15.5. The van der Waals surface area contributed by atoms with Crippen LogP contribution < -0.4 is 10.6 Å². The number of hydrogen-bond acceptors (Lipinski definition) is 5. The van der Waals surface area contributed by atoms with E-state index >= 15 is 0 Å². The van der Waals surface area contributed by atoms with Crippen LogP contribution in [0.2, 0.25) is 15.1 Å². The topological polar surface area (TPSA) is 88.9 Å². The Morgan fingerprint density at radius 1 is 1.06 bits per heavy atom. The van der Waals surface area contributed by atoms with E-state index in [0.717, 1.165) is 5.56 Å². The van der Waals surface area contributed by atoms with Gasteiger partial charge >= 0.3 is 0 Å². The van der Waals surface area contributed by atoms with Gasteiger partial charge in [0.2, 0.25) is 11.8 Å². The Morgan fingerprint density at radius 2 is 1.84 bits per heavy atom. The summed E-state index contributed by atoms with van der Waals surface area (Å²) in [6.07, 6.45) is 3.04. The highest BCUT2D eigenvalue weighted by Crippen LogP contribution is 2.25. The van der Waals surface area contributed by atoms with Crippen molar-refractivity contribution >= 4 is 70.1 Å². The molecule has 0 bridgehead atoms. The molecule has 0 spiro atoms. The number of rotatable bonds is 8. The number of nitrogens with zero attached hydrogens (tertiary/aromatic N) is 3. The molecular formula is C21H18Cl3N5O2S. The highest BCUT2D eigenvalue weighted by atomic mass is 35.5. The molecule has 0 atom stereocenters. The smallest absolute Gasteiger partial charge is 0.244 e. The van der Waals surface area contributed by atoms with Crippen molar-refractivity contribution in [3.05, 3.63) is 75.0 Å². The van der Waals surface area contributed by atoms with Crippen molar-refractivity contribution in [3.8, 4) is 0 Å². The minimum atomic E-state index is -0.289. The fraction of sp³-hybridized carbons (Fsp3) is 0.143. The van der Waals surface area contributed by atoms with Crippen LogP contribution in [0.3, 0.4) is 0 Å². The second kappa shape index (κ2) is 11.4. The van der Waals surface area contributed by atoms with E-state index in [4.69, 9.17) is 34.8 Å². The van der Waals surface area contributed by atoms with Gasteiger partial charge in [-0.05, 0) is 35.9 Å². The normalized spacial score (nSPS) is 11.0. The lowest BCUT2D eigenvalue weighted by Gasteiger charge is -2.07. The average Bonchev–Trinajstić information content (AvgIpc) is 3.12. The van der Waals surface area contributed by atoms with Crippen LogP contribution >= 0.6 is 46.6 Å². The lowest BCUT2D eigenvalue weighted by molar-refractivity contribution is -0.116. The van der Waals surface area contributed by atoms with Crippen LogP contribution in [0.1, 0.15) is 11.4 Å². The van der Waals surface area contributed by atoms with Crippen molar-refractivity contribution < 1.29 is 9.59 Å². The van der Waals surface area contributed by atoms with Gasteiger partial charge in [0.25, 0.3) is 0 Å². The molecule has 11 heteroatoms. The second-order valence-electron chi connectivity index (χ2n) is 6.50. The van der Waals surface area contributed by atoms with Crippen LogP contribution in [0.25, 0.3) is 6.08 Å². The molecule has 3 aromatic rings. The zero-order valence-corrected chi connectivity index (χ0v) is 19.9. The molecule has 7 nitrogen and oxygen atoms in total. The summed E-state index contributed by atoms with van der Waals surface area (Å²) in [4.78, 5) is 24.3. The number of hydrogen-bond donors (Lipinski definition) is 2. The minimum absolute atomic E-state index is 0.124. The molecule has 0 saturated carbocycles. The van der Waals surface area contributed by atoms with Crippen molar-refractivity contribution in [2.24, 2.45) is 7.05 Å². The van der Waals surface area contributed by atoms with Gasteiger partial charge in [-0.3, -0.25) is 9.59 Å². The molecule has 2 aromatic carbocycles. The van der Waals surface area contributed by atoms with Gasteiger partial charge < -0.3 is 15.2 Å². The third kappa shape index (κ3) is 6.74.